The van der Waals surface area contributed by atoms with E-state index in [1.165, 1.54) is 0 Å². The Morgan fingerprint density at radius 2 is 2.09 bits per heavy atom. The first-order chi connectivity index (χ1) is 11.1. The van der Waals surface area contributed by atoms with Crippen LogP contribution < -0.4 is 4.74 Å². The maximum absolute atomic E-state index is 10.9. The number of β-amino-alcohol motifs (C(OH)–C–C–N with tert-alkyl or cyclic N) is 1. The number of benzene rings is 1. The Bertz CT molecular complexity index is 501. The molecule has 1 N–H and O–H groups in total. The van der Waals surface area contributed by atoms with Gasteiger partial charge >= 0.3 is 0 Å². The molecule has 2 saturated heterocycles. The molecule has 23 heavy (non-hydrogen) atoms. The van der Waals surface area contributed by atoms with Gasteiger partial charge in [-0.3, -0.25) is 0 Å². The third-order valence-corrected chi connectivity index (χ3v) is 5.08. The summed E-state index contributed by atoms with van der Waals surface area (Å²) in [7, 11) is 0. The van der Waals surface area contributed by atoms with Crippen LogP contribution in [0.15, 0.2) is 24.3 Å². The van der Waals surface area contributed by atoms with E-state index in [0.29, 0.717) is 12.5 Å². The highest BCUT2D eigenvalue weighted by atomic mass is 16.5. The van der Waals surface area contributed by atoms with Crippen molar-refractivity contribution in [3.8, 4) is 5.75 Å². The summed E-state index contributed by atoms with van der Waals surface area (Å²) in [6, 6.07) is 8.00. The zero-order valence-corrected chi connectivity index (χ0v) is 14.2. The Kier molecular flexibility index (Phi) is 5.57. The molecule has 1 aromatic rings. The predicted molar refractivity (Wildman–Crippen MR) is 90.8 cm³/mol. The molecule has 3 rings (SSSR count). The van der Waals surface area contributed by atoms with Crippen LogP contribution in [0.1, 0.15) is 31.2 Å². The molecule has 2 aliphatic heterocycles. The number of hydrogen-bond acceptors (Lipinski definition) is 4. The first-order valence-electron chi connectivity index (χ1n) is 8.86. The van der Waals surface area contributed by atoms with Crippen LogP contribution in [-0.4, -0.2) is 55.1 Å². The van der Waals surface area contributed by atoms with Gasteiger partial charge in [0, 0.05) is 26.3 Å². The maximum Gasteiger partial charge on any atom is 0.122 e. The SMILES string of the molecule is Cc1ccccc1OC[C@@]1(O)CCCN(CC2CCOCC2)C1. The zero-order valence-electron chi connectivity index (χ0n) is 14.2. The van der Waals surface area contributed by atoms with Crippen molar-refractivity contribution >= 4 is 0 Å². The van der Waals surface area contributed by atoms with Crippen LogP contribution in [-0.2, 0) is 4.74 Å². The molecule has 0 saturated carbocycles. The fraction of sp³-hybridized carbons (Fsp3) is 0.684. The van der Waals surface area contributed by atoms with E-state index >= 15 is 0 Å². The molecule has 1 aromatic carbocycles. The summed E-state index contributed by atoms with van der Waals surface area (Å²) in [5.74, 6) is 1.59. The van der Waals surface area contributed by atoms with Crippen molar-refractivity contribution in [2.45, 2.75) is 38.2 Å². The third-order valence-electron chi connectivity index (χ3n) is 5.08. The number of likely N-dealkylation sites (tertiary alicyclic amines) is 1. The summed E-state index contributed by atoms with van der Waals surface area (Å²) in [5, 5.41) is 10.9. The molecule has 0 amide bonds. The second-order valence-electron chi connectivity index (χ2n) is 7.17. The van der Waals surface area contributed by atoms with Gasteiger partial charge in [0.2, 0.25) is 0 Å². The fourth-order valence-corrected chi connectivity index (χ4v) is 3.70. The molecule has 1 atom stereocenters. The molecular weight excluding hydrogens is 290 g/mol. The van der Waals surface area contributed by atoms with E-state index in [4.69, 9.17) is 9.47 Å². The highest BCUT2D eigenvalue weighted by Gasteiger charge is 2.35. The standard InChI is InChI=1S/C19H29NO3/c1-16-5-2-3-6-18(16)23-15-19(21)9-4-10-20(14-19)13-17-7-11-22-12-8-17/h2-3,5-6,17,21H,4,7-15H2,1H3/t19-/m1/s1. The lowest BCUT2D eigenvalue weighted by Gasteiger charge is -2.40. The molecule has 4 nitrogen and oxygen atoms in total. The lowest BCUT2D eigenvalue weighted by molar-refractivity contribution is -0.0663. The monoisotopic (exact) mass is 319 g/mol. The predicted octanol–water partition coefficient (Wildman–Crippen LogP) is 2.63. The number of piperidine rings is 1. The van der Waals surface area contributed by atoms with Crippen molar-refractivity contribution < 1.29 is 14.6 Å². The van der Waals surface area contributed by atoms with Crippen molar-refractivity contribution in [2.24, 2.45) is 5.92 Å². The Morgan fingerprint density at radius 1 is 1.30 bits per heavy atom. The molecule has 0 radical (unpaired) electrons. The molecule has 0 unspecified atom stereocenters. The quantitative estimate of drug-likeness (QED) is 0.906. The van der Waals surface area contributed by atoms with E-state index in [-0.39, 0.29) is 0 Å². The van der Waals surface area contributed by atoms with Gasteiger partial charge < -0.3 is 19.5 Å². The van der Waals surface area contributed by atoms with Gasteiger partial charge in [0.25, 0.3) is 0 Å². The largest absolute Gasteiger partial charge is 0.490 e. The summed E-state index contributed by atoms with van der Waals surface area (Å²) in [6.07, 6.45) is 4.16. The van der Waals surface area contributed by atoms with E-state index < -0.39 is 5.60 Å². The summed E-state index contributed by atoms with van der Waals surface area (Å²) >= 11 is 0. The molecule has 0 aromatic heterocycles. The van der Waals surface area contributed by atoms with Crippen molar-refractivity contribution in [1.82, 2.24) is 4.90 Å². The van der Waals surface area contributed by atoms with Crippen molar-refractivity contribution in [1.29, 1.82) is 0 Å². The number of aliphatic hydroxyl groups is 1. The lowest BCUT2D eigenvalue weighted by Crippen LogP contribution is -2.52. The molecule has 0 spiro atoms. The van der Waals surface area contributed by atoms with Gasteiger partial charge in [0.15, 0.2) is 0 Å². The minimum absolute atomic E-state index is 0.377. The first kappa shape index (κ1) is 16.7. The highest BCUT2D eigenvalue weighted by molar-refractivity contribution is 5.31. The number of hydrogen-bond donors (Lipinski definition) is 1. The van der Waals surface area contributed by atoms with E-state index in [1.807, 2.05) is 31.2 Å². The average molecular weight is 319 g/mol. The van der Waals surface area contributed by atoms with Gasteiger partial charge in [-0.25, -0.2) is 0 Å². The van der Waals surface area contributed by atoms with Crippen LogP contribution in [0.5, 0.6) is 5.75 Å². The normalized spacial score (nSPS) is 27.0. The fourth-order valence-electron chi connectivity index (χ4n) is 3.70. The molecular formula is C19H29NO3. The van der Waals surface area contributed by atoms with Gasteiger partial charge in [0.05, 0.1) is 0 Å². The number of ether oxygens (including phenoxy) is 2. The second-order valence-corrected chi connectivity index (χ2v) is 7.17. The van der Waals surface area contributed by atoms with E-state index in [1.54, 1.807) is 0 Å². The van der Waals surface area contributed by atoms with Gasteiger partial charge in [-0.2, -0.15) is 0 Å². The van der Waals surface area contributed by atoms with Gasteiger partial charge in [0.1, 0.15) is 18.0 Å². The molecule has 2 heterocycles. The first-order valence-corrected chi connectivity index (χ1v) is 8.86. The summed E-state index contributed by atoms with van der Waals surface area (Å²) in [6.45, 7) is 7.08. The van der Waals surface area contributed by atoms with E-state index in [0.717, 1.165) is 69.8 Å². The van der Waals surface area contributed by atoms with Crippen LogP contribution >= 0.6 is 0 Å². The Labute approximate surface area is 139 Å². The molecule has 2 aliphatic rings. The van der Waals surface area contributed by atoms with Crippen LogP contribution in [0.4, 0.5) is 0 Å². The molecule has 0 bridgehead atoms. The minimum Gasteiger partial charge on any atom is -0.490 e. The summed E-state index contributed by atoms with van der Waals surface area (Å²) in [5.41, 5.74) is 0.386. The van der Waals surface area contributed by atoms with Crippen LogP contribution in [0.2, 0.25) is 0 Å². The average Bonchev–Trinajstić information content (AvgIpc) is 2.55. The zero-order chi connectivity index (χ0) is 16.1. The van der Waals surface area contributed by atoms with E-state index in [2.05, 4.69) is 4.90 Å². The topological polar surface area (TPSA) is 41.9 Å². The molecule has 4 heteroatoms. The van der Waals surface area contributed by atoms with Crippen LogP contribution in [0.25, 0.3) is 0 Å². The lowest BCUT2D eigenvalue weighted by atomic mass is 9.91. The van der Waals surface area contributed by atoms with Crippen molar-refractivity contribution in [2.75, 3.05) is 39.5 Å². The maximum atomic E-state index is 10.9. The smallest absolute Gasteiger partial charge is 0.122 e. The molecule has 0 aliphatic carbocycles. The number of para-hydroxylation sites is 1. The minimum atomic E-state index is -0.730. The number of aryl methyl sites for hydroxylation is 1. The van der Waals surface area contributed by atoms with Crippen LogP contribution in [0, 0.1) is 12.8 Å². The van der Waals surface area contributed by atoms with Gasteiger partial charge in [-0.05, 0) is 56.7 Å². The van der Waals surface area contributed by atoms with Crippen molar-refractivity contribution in [3.05, 3.63) is 29.8 Å². The van der Waals surface area contributed by atoms with Crippen LogP contribution in [0.3, 0.4) is 0 Å². The van der Waals surface area contributed by atoms with Crippen molar-refractivity contribution in [3.63, 3.8) is 0 Å². The Hall–Kier alpha value is -1.10. The third kappa shape index (κ3) is 4.69. The van der Waals surface area contributed by atoms with Gasteiger partial charge in [-0.1, -0.05) is 18.2 Å². The summed E-state index contributed by atoms with van der Waals surface area (Å²) in [4.78, 5) is 2.42. The van der Waals surface area contributed by atoms with E-state index in [9.17, 15) is 5.11 Å². The van der Waals surface area contributed by atoms with Gasteiger partial charge in [-0.15, -0.1) is 0 Å². The highest BCUT2D eigenvalue weighted by Crippen LogP contribution is 2.26. The summed E-state index contributed by atoms with van der Waals surface area (Å²) < 4.78 is 11.4. The number of rotatable bonds is 5. The molecule has 2 fully saturated rings. The second kappa shape index (κ2) is 7.65. The number of nitrogens with zero attached hydrogens (tertiary/aromatic N) is 1. The Morgan fingerprint density at radius 3 is 2.87 bits per heavy atom. The molecule has 128 valence electrons. The Balaban J connectivity index is 1.52.